The maximum absolute atomic E-state index is 12.4. The second-order valence-electron chi connectivity index (χ2n) is 4.98. The Morgan fingerprint density at radius 2 is 2.05 bits per heavy atom. The number of benzene rings is 1. The fourth-order valence-electron chi connectivity index (χ4n) is 2.20. The maximum atomic E-state index is 12.4. The van der Waals surface area contributed by atoms with Crippen molar-refractivity contribution < 1.29 is 9.59 Å². The van der Waals surface area contributed by atoms with E-state index in [0.717, 1.165) is 11.3 Å². The van der Waals surface area contributed by atoms with Crippen molar-refractivity contribution in [3.05, 3.63) is 42.5 Å². The van der Waals surface area contributed by atoms with Gasteiger partial charge in [-0.15, -0.1) is 6.58 Å². The van der Waals surface area contributed by atoms with Crippen LogP contribution in [0.15, 0.2) is 36.9 Å². The third kappa shape index (κ3) is 5.06. The van der Waals surface area contributed by atoms with Crippen molar-refractivity contribution in [3.8, 4) is 0 Å². The van der Waals surface area contributed by atoms with E-state index >= 15 is 0 Å². The van der Waals surface area contributed by atoms with Gasteiger partial charge >= 0.3 is 0 Å². The second-order valence-corrected chi connectivity index (χ2v) is 4.98. The van der Waals surface area contributed by atoms with Crippen molar-refractivity contribution in [2.75, 3.05) is 24.5 Å². The molecule has 0 aliphatic rings. The lowest BCUT2D eigenvalue weighted by Crippen LogP contribution is -2.36. The summed E-state index contributed by atoms with van der Waals surface area (Å²) in [6.45, 7) is 10.6. The highest BCUT2D eigenvalue weighted by Crippen LogP contribution is 2.16. The van der Waals surface area contributed by atoms with Crippen LogP contribution in [0.3, 0.4) is 0 Å². The van der Waals surface area contributed by atoms with Crippen LogP contribution in [0.4, 0.5) is 5.69 Å². The Kier molecular flexibility index (Phi) is 6.66. The van der Waals surface area contributed by atoms with Crippen LogP contribution >= 0.6 is 0 Å². The Bertz CT molecular complexity index is 511. The molecule has 0 saturated carbocycles. The summed E-state index contributed by atoms with van der Waals surface area (Å²) in [5.41, 5.74) is 2.02. The Hall–Kier alpha value is -2.10. The molecule has 114 valence electrons. The van der Waals surface area contributed by atoms with E-state index in [1.807, 2.05) is 38.1 Å². The topological polar surface area (TPSA) is 40.6 Å². The molecular weight excluding hydrogens is 264 g/mol. The Balaban J connectivity index is 2.71. The van der Waals surface area contributed by atoms with Gasteiger partial charge in [-0.2, -0.15) is 0 Å². The molecule has 1 aromatic carbocycles. The molecule has 1 rings (SSSR count). The van der Waals surface area contributed by atoms with Gasteiger partial charge in [0.25, 0.3) is 0 Å². The zero-order valence-electron chi connectivity index (χ0n) is 13.1. The van der Waals surface area contributed by atoms with E-state index in [0.29, 0.717) is 26.1 Å². The molecule has 4 nitrogen and oxygen atoms in total. The summed E-state index contributed by atoms with van der Waals surface area (Å²) in [5.74, 6) is -0.0142. The fraction of sp³-hybridized carbons (Fsp3) is 0.412. The summed E-state index contributed by atoms with van der Waals surface area (Å²) in [5, 5.41) is 0. The Labute approximate surface area is 127 Å². The largest absolute Gasteiger partial charge is 0.339 e. The summed E-state index contributed by atoms with van der Waals surface area (Å²) in [6, 6.07) is 7.87. The quantitative estimate of drug-likeness (QED) is 0.724. The summed E-state index contributed by atoms with van der Waals surface area (Å²) in [6.07, 6.45) is 1.99. The number of hydrogen-bond donors (Lipinski definition) is 0. The third-order valence-corrected chi connectivity index (χ3v) is 3.32. The predicted molar refractivity (Wildman–Crippen MR) is 86.3 cm³/mol. The summed E-state index contributed by atoms with van der Waals surface area (Å²) >= 11 is 0. The zero-order valence-corrected chi connectivity index (χ0v) is 13.1. The summed E-state index contributed by atoms with van der Waals surface area (Å²) in [4.78, 5) is 27.2. The number of carbonyl (C=O) groups excluding carboxylic acids is 2. The van der Waals surface area contributed by atoms with Crippen molar-refractivity contribution in [2.45, 2.75) is 27.2 Å². The van der Waals surface area contributed by atoms with E-state index < -0.39 is 0 Å². The second kappa shape index (κ2) is 8.25. The van der Waals surface area contributed by atoms with Gasteiger partial charge in [0.2, 0.25) is 11.8 Å². The van der Waals surface area contributed by atoms with E-state index in [-0.39, 0.29) is 11.8 Å². The lowest BCUT2D eigenvalue weighted by Gasteiger charge is -2.24. The van der Waals surface area contributed by atoms with Crippen LogP contribution in [-0.2, 0) is 9.59 Å². The van der Waals surface area contributed by atoms with Gasteiger partial charge in [-0.25, -0.2) is 0 Å². The van der Waals surface area contributed by atoms with Crippen LogP contribution in [0.1, 0.15) is 25.8 Å². The van der Waals surface area contributed by atoms with E-state index in [1.165, 1.54) is 6.92 Å². The lowest BCUT2D eigenvalue weighted by molar-refractivity contribution is -0.129. The molecule has 4 heteroatoms. The standard InChI is InChI=1S/C17H24N2O2/c1-5-11-18(15(4)20)12-10-17(21)19(6-2)16-9-7-8-14(3)13-16/h5,7-9,13H,1,6,10-12H2,2-4H3. The molecule has 0 aliphatic heterocycles. The lowest BCUT2D eigenvalue weighted by atomic mass is 10.2. The van der Waals surface area contributed by atoms with E-state index in [1.54, 1.807) is 15.9 Å². The maximum Gasteiger partial charge on any atom is 0.228 e. The van der Waals surface area contributed by atoms with Gasteiger partial charge in [0, 0.05) is 38.7 Å². The molecule has 0 bridgehead atoms. The Morgan fingerprint density at radius 1 is 1.33 bits per heavy atom. The zero-order chi connectivity index (χ0) is 15.8. The SMILES string of the molecule is C=CCN(CCC(=O)N(CC)c1cccc(C)c1)C(C)=O. The molecule has 0 unspecified atom stereocenters. The van der Waals surface area contributed by atoms with Gasteiger partial charge in [-0.3, -0.25) is 9.59 Å². The van der Waals surface area contributed by atoms with E-state index in [9.17, 15) is 9.59 Å². The molecule has 2 amide bonds. The van der Waals surface area contributed by atoms with Gasteiger partial charge in [0.1, 0.15) is 0 Å². The molecule has 0 saturated heterocycles. The smallest absolute Gasteiger partial charge is 0.228 e. The predicted octanol–water partition coefficient (Wildman–Crippen LogP) is 2.77. The third-order valence-electron chi connectivity index (χ3n) is 3.32. The van der Waals surface area contributed by atoms with Crippen LogP contribution in [0.2, 0.25) is 0 Å². The van der Waals surface area contributed by atoms with Gasteiger partial charge in [-0.05, 0) is 31.5 Å². The van der Waals surface area contributed by atoms with Crippen LogP contribution in [0, 0.1) is 6.92 Å². The van der Waals surface area contributed by atoms with Crippen molar-refractivity contribution in [3.63, 3.8) is 0 Å². The number of carbonyl (C=O) groups is 2. The minimum Gasteiger partial charge on any atom is -0.339 e. The number of aryl methyl sites for hydroxylation is 1. The van der Waals surface area contributed by atoms with Gasteiger partial charge in [0.15, 0.2) is 0 Å². The highest BCUT2D eigenvalue weighted by Gasteiger charge is 2.16. The number of amides is 2. The van der Waals surface area contributed by atoms with E-state index in [4.69, 9.17) is 0 Å². The van der Waals surface area contributed by atoms with Crippen molar-refractivity contribution >= 4 is 17.5 Å². The average molecular weight is 288 g/mol. The highest BCUT2D eigenvalue weighted by atomic mass is 16.2. The van der Waals surface area contributed by atoms with Crippen LogP contribution in [0.5, 0.6) is 0 Å². The number of nitrogens with zero attached hydrogens (tertiary/aromatic N) is 2. The summed E-state index contributed by atoms with van der Waals surface area (Å²) in [7, 11) is 0. The number of rotatable bonds is 7. The van der Waals surface area contributed by atoms with Crippen molar-refractivity contribution in [1.29, 1.82) is 0 Å². The molecule has 0 N–H and O–H groups in total. The molecule has 0 radical (unpaired) electrons. The molecule has 0 spiro atoms. The average Bonchev–Trinajstić information content (AvgIpc) is 2.44. The first-order valence-electron chi connectivity index (χ1n) is 7.23. The normalized spacial score (nSPS) is 10.0. The molecule has 0 heterocycles. The molecular formula is C17H24N2O2. The molecule has 0 aliphatic carbocycles. The first-order chi connectivity index (χ1) is 9.99. The van der Waals surface area contributed by atoms with Crippen molar-refractivity contribution in [2.24, 2.45) is 0 Å². The van der Waals surface area contributed by atoms with Crippen LogP contribution < -0.4 is 4.90 Å². The van der Waals surface area contributed by atoms with Crippen LogP contribution in [-0.4, -0.2) is 36.3 Å². The molecule has 0 aromatic heterocycles. The van der Waals surface area contributed by atoms with Crippen molar-refractivity contribution in [1.82, 2.24) is 4.90 Å². The Morgan fingerprint density at radius 3 is 2.57 bits per heavy atom. The molecule has 0 atom stereocenters. The molecule has 21 heavy (non-hydrogen) atoms. The van der Waals surface area contributed by atoms with E-state index in [2.05, 4.69) is 6.58 Å². The minimum absolute atomic E-state index is 0.0263. The first-order valence-corrected chi connectivity index (χ1v) is 7.23. The van der Waals surface area contributed by atoms with Crippen LogP contribution in [0.25, 0.3) is 0 Å². The van der Waals surface area contributed by atoms with Gasteiger partial charge < -0.3 is 9.80 Å². The van der Waals surface area contributed by atoms with Gasteiger partial charge in [0.05, 0.1) is 0 Å². The minimum atomic E-state index is -0.0405. The number of anilines is 1. The molecule has 0 fully saturated rings. The highest BCUT2D eigenvalue weighted by molar-refractivity contribution is 5.93. The number of hydrogen-bond acceptors (Lipinski definition) is 2. The molecule has 1 aromatic rings. The monoisotopic (exact) mass is 288 g/mol. The summed E-state index contributed by atoms with van der Waals surface area (Å²) < 4.78 is 0. The fourth-order valence-corrected chi connectivity index (χ4v) is 2.20. The first kappa shape index (κ1) is 17.0. The van der Waals surface area contributed by atoms with Gasteiger partial charge in [-0.1, -0.05) is 18.2 Å².